The van der Waals surface area contributed by atoms with Crippen LogP contribution in [0.2, 0.25) is 0 Å². The second kappa shape index (κ2) is 6.51. The zero-order valence-corrected chi connectivity index (χ0v) is 15.0. The van der Waals surface area contributed by atoms with Gasteiger partial charge in [0.05, 0.1) is 5.69 Å². The van der Waals surface area contributed by atoms with Gasteiger partial charge in [-0.1, -0.05) is 5.16 Å². The Kier molecular flexibility index (Phi) is 4.37. The first-order chi connectivity index (χ1) is 11.6. The van der Waals surface area contributed by atoms with Crippen molar-refractivity contribution in [3.05, 3.63) is 17.0 Å². The van der Waals surface area contributed by atoms with Crippen LogP contribution in [-0.4, -0.2) is 52.6 Å². The van der Waals surface area contributed by atoms with Gasteiger partial charge in [0.1, 0.15) is 5.76 Å². The maximum atomic E-state index is 12.7. The number of hydrogen-bond acceptors (Lipinski definition) is 4. The van der Waals surface area contributed by atoms with E-state index in [0.717, 1.165) is 55.0 Å². The number of likely N-dealkylation sites (tertiary alicyclic amines) is 2. The Hall–Kier alpha value is -1.36. The van der Waals surface area contributed by atoms with Gasteiger partial charge in [0, 0.05) is 37.2 Å². The molecule has 0 bridgehead atoms. The van der Waals surface area contributed by atoms with Gasteiger partial charge in [0.25, 0.3) is 0 Å². The van der Waals surface area contributed by atoms with E-state index in [1.807, 2.05) is 13.8 Å². The summed E-state index contributed by atoms with van der Waals surface area (Å²) in [7, 11) is 0. The predicted molar refractivity (Wildman–Crippen MR) is 91.7 cm³/mol. The van der Waals surface area contributed by atoms with E-state index in [1.54, 1.807) is 0 Å². The Morgan fingerprint density at radius 2 is 2.04 bits per heavy atom. The van der Waals surface area contributed by atoms with Crippen molar-refractivity contribution in [1.82, 2.24) is 15.0 Å². The molecule has 0 aromatic carbocycles. The Balaban J connectivity index is 1.33. The average molecular weight is 331 g/mol. The lowest BCUT2D eigenvalue weighted by atomic mass is 9.83. The highest BCUT2D eigenvalue weighted by Crippen LogP contribution is 2.38. The lowest BCUT2D eigenvalue weighted by Gasteiger charge is -2.47. The molecule has 2 atom stereocenters. The highest BCUT2D eigenvalue weighted by Gasteiger charge is 2.42. The Bertz CT molecular complexity index is 588. The average Bonchev–Trinajstić information content (AvgIpc) is 3.39. The third kappa shape index (κ3) is 3.10. The molecule has 3 aliphatic rings. The largest absolute Gasteiger partial charge is 0.361 e. The van der Waals surface area contributed by atoms with Gasteiger partial charge in [-0.2, -0.15) is 0 Å². The molecular weight excluding hydrogens is 302 g/mol. The Morgan fingerprint density at radius 3 is 2.75 bits per heavy atom. The van der Waals surface area contributed by atoms with E-state index < -0.39 is 0 Å². The molecule has 0 N–H and O–H groups in total. The topological polar surface area (TPSA) is 49.6 Å². The van der Waals surface area contributed by atoms with E-state index in [0.29, 0.717) is 18.2 Å². The van der Waals surface area contributed by atoms with Crippen molar-refractivity contribution in [3.8, 4) is 0 Å². The van der Waals surface area contributed by atoms with E-state index in [9.17, 15) is 4.79 Å². The number of piperidine rings is 2. The lowest BCUT2D eigenvalue weighted by molar-refractivity contribution is -0.135. The molecule has 0 unspecified atom stereocenters. The quantitative estimate of drug-likeness (QED) is 0.851. The van der Waals surface area contributed by atoms with E-state index in [2.05, 4.69) is 15.0 Å². The lowest BCUT2D eigenvalue weighted by Crippen LogP contribution is -2.55. The minimum Gasteiger partial charge on any atom is -0.361 e. The van der Waals surface area contributed by atoms with Crippen molar-refractivity contribution >= 4 is 5.91 Å². The number of fused-ring (bicyclic) bond motifs is 1. The predicted octanol–water partition coefficient (Wildman–Crippen LogP) is 2.70. The first-order valence-electron chi connectivity index (χ1n) is 9.58. The fourth-order valence-corrected chi connectivity index (χ4v) is 4.78. The monoisotopic (exact) mass is 331 g/mol. The molecule has 3 heterocycles. The molecule has 2 saturated heterocycles. The maximum Gasteiger partial charge on any atom is 0.222 e. The van der Waals surface area contributed by atoms with Gasteiger partial charge in [0.15, 0.2) is 0 Å². The minimum absolute atomic E-state index is 0.303. The second-order valence-electron chi connectivity index (χ2n) is 7.87. The SMILES string of the molecule is Cc1noc(C)c1CCC(=O)N1CC[C@@H]2[C@@H](CCCN2C2CC2)C1. The first-order valence-corrected chi connectivity index (χ1v) is 9.58. The van der Waals surface area contributed by atoms with Gasteiger partial charge in [-0.25, -0.2) is 0 Å². The fraction of sp³-hybridized carbons (Fsp3) is 0.789. The first kappa shape index (κ1) is 16.1. The van der Waals surface area contributed by atoms with Gasteiger partial charge in [-0.05, 0) is 64.8 Å². The molecule has 5 nitrogen and oxygen atoms in total. The molecule has 132 valence electrons. The molecule has 4 rings (SSSR count). The van der Waals surface area contributed by atoms with Crippen molar-refractivity contribution < 1.29 is 9.32 Å². The van der Waals surface area contributed by atoms with Crippen LogP contribution >= 0.6 is 0 Å². The molecule has 1 amide bonds. The molecule has 2 aliphatic heterocycles. The highest BCUT2D eigenvalue weighted by molar-refractivity contribution is 5.76. The van der Waals surface area contributed by atoms with E-state index >= 15 is 0 Å². The summed E-state index contributed by atoms with van der Waals surface area (Å²) < 4.78 is 5.20. The number of aryl methyl sites for hydroxylation is 2. The van der Waals surface area contributed by atoms with Gasteiger partial charge < -0.3 is 9.42 Å². The molecule has 1 aliphatic carbocycles. The number of aromatic nitrogens is 1. The van der Waals surface area contributed by atoms with Crippen molar-refractivity contribution in [1.29, 1.82) is 0 Å². The van der Waals surface area contributed by atoms with Crippen LogP contribution in [0.15, 0.2) is 4.52 Å². The number of carbonyl (C=O) groups excluding carboxylic acids is 1. The second-order valence-corrected chi connectivity index (χ2v) is 7.87. The third-order valence-corrected chi connectivity index (χ3v) is 6.25. The molecule has 1 saturated carbocycles. The zero-order chi connectivity index (χ0) is 16.7. The summed E-state index contributed by atoms with van der Waals surface area (Å²) in [5, 5.41) is 3.99. The summed E-state index contributed by atoms with van der Waals surface area (Å²) >= 11 is 0. The number of hydrogen-bond donors (Lipinski definition) is 0. The van der Waals surface area contributed by atoms with Gasteiger partial charge in [-0.3, -0.25) is 9.69 Å². The molecule has 24 heavy (non-hydrogen) atoms. The number of rotatable bonds is 4. The summed E-state index contributed by atoms with van der Waals surface area (Å²) in [5.74, 6) is 1.85. The summed E-state index contributed by atoms with van der Waals surface area (Å²) in [5.41, 5.74) is 2.03. The molecule has 3 fully saturated rings. The van der Waals surface area contributed by atoms with Gasteiger partial charge in [-0.15, -0.1) is 0 Å². The Labute approximate surface area is 144 Å². The number of nitrogens with zero attached hydrogens (tertiary/aromatic N) is 3. The molecule has 1 aromatic rings. The Morgan fingerprint density at radius 1 is 1.21 bits per heavy atom. The van der Waals surface area contributed by atoms with Crippen molar-refractivity contribution in [2.45, 2.75) is 70.9 Å². The van der Waals surface area contributed by atoms with Crippen LogP contribution in [0, 0.1) is 19.8 Å². The van der Waals surface area contributed by atoms with E-state index in [-0.39, 0.29) is 0 Å². The molecule has 0 radical (unpaired) electrons. The van der Waals surface area contributed by atoms with Crippen LogP contribution < -0.4 is 0 Å². The molecular formula is C19H29N3O2. The molecule has 1 aromatic heterocycles. The number of amides is 1. The van der Waals surface area contributed by atoms with Gasteiger partial charge in [0.2, 0.25) is 5.91 Å². The third-order valence-electron chi connectivity index (χ3n) is 6.25. The molecule has 0 spiro atoms. The van der Waals surface area contributed by atoms with Gasteiger partial charge >= 0.3 is 0 Å². The summed E-state index contributed by atoms with van der Waals surface area (Å²) in [6.07, 6.45) is 7.87. The normalized spacial score (nSPS) is 28.0. The standard InChI is InChI=1S/C19H29N3O2/c1-13-17(14(2)24-20-13)7-8-19(23)21-11-9-18-15(12-21)4-3-10-22(18)16-5-6-16/h15-16,18H,3-12H2,1-2H3/t15-,18+/m0/s1. The van der Waals surface area contributed by atoms with Crippen LogP contribution in [0.1, 0.15) is 55.5 Å². The van der Waals surface area contributed by atoms with Crippen LogP contribution in [-0.2, 0) is 11.2 Å². The van der Waals surface area contributed by atoms with E-state index in [4.69, 9.17) is 4.52 Å². The summed E-state index contributed by atoms with van der Waals surface area (Å²) in [6.45, 7) is 7.07. The van der Waals surface area contributed by atoms with Crippen molar-refractivity contribution in [2.75, 3.05) is 19.6 Å². The van der Waals surface area contributed by atoms with Crippen molar-refractivity contribution in [3.63, 3.8) is 0 Å². The molecule has 5 heteroatoms. The zero-order valence-electron chi connectivity index (χ0n) is 15.0. The number of carbonyl (C=O) groups is 1. The van der Waals surface area contributed by atoms with Crippen LogP contribution in [0.4, 0.5) is 0 Å². The smallest absolute Gasteiger partial charge is 0.222 e. The van der Waals surface area contributed by atoms with Crippen LogP contribution in [0.5, 0.6) is 0 Å². The van der Waals surface area contributed by atoms with E-state index in [1.165, 1.54) is 32.2 Å². The highest BCUT2D eigenvalue weighted by atomic mass is 16.5. The summed E-state index contributed by atoms with van der Waals surface area (Å²) in [6, 6.07) is 1.59. The fourth-order valence-electron chi connectivity index (χ4n) is 4.78. The van der Waals surface area contributed by atoms with Crippen LogP contribution in [0.3, 0.4) is 0 Å². The minimum atomic E-state index is 0.303. The van der Waals surface area contributed by atoms with Crippen molar-refractivity contribution in [2.24, 2.45) is 5.92 Å². The van der Waals surface area contributed by atoms with Crippen LogP contribution in [0.25, 0.3) is 0 Å². The summed E-state index contributed by atoms with van der Waals surface area (Å²) in [4.78, 5) is 17.6. The maximum absolute atomic E-state index is 12.7.